The van der Waals surface area contributed by atoms with Crippen LogP contribution in [0.15, 0.2) is 18.2 Å². The van der Waals surface area contributed by atoms with Crippen LogP contribution in [0.25, 0.3) is 0 Å². The monoisotopic (exact) mass is 273 g/mol. The number of rotatable bonds is 2. The molecule has 2 atom stereocenters. The van der Waals surface area contributed by atoms with E-state index in [0.717, 1.165) is 31.4 Å². The minimum absolute atomic E-state index is 0. The Hall–Kier alpha value is -0.240. The van der Waals surface area contributed by atoms with Crippen LogP contribution >= 0.6 is 11.6 Å². The summed E-state index contributed by atoms with van der Waals surface area (Å²) in [5.41, 5.74) is 1.40. The van der Waals surface area contributed by atoms with Gasteiger partial charge < -0.3 is 10.4 Å². The third-order valence-electron chi connectivity index (χ3n) is 3.11. The van der Waals surface area contributed by atoms with E-state index in [1.807, 2.05) is 12.1 Å². The van der Waals surface area contributed by atoms with Gasteiger partial charge in [-0.05, 0) is 43.9 Å². The standard InChI is InChI=1S/C13H15ClN2O.Na/c14-13-7-11(5-4-9(13)8-15)16-10-2-1-3-12(17)6-10;/h4-5,7,10,12,16-17H,1-3,6H2;. The number of nitrogens with one attached hydrogen (secondary N) is 1. The molecule has 3 nitrogen and oxygen atoms in total. The zero-order valence-corrected chi connectivity index (χ0v) is 13.2. The van der Waals surface area contributed by atoms with Crippen molar-refractivity contribution in [1.82, 2.24) is 0 Å². The van der Waals surface area contributed by atoms with Crippen LogP contribution in [-0.4, -0.2) is 46.8 Å². The Morgan fingerprint density at radius 3 is 2.78 bits per heavy atom. The maximum absolute atomic E-state index is 9.59. The van der Waals surface area contributed by atoms with E-state index in [2.05, 4.69) is 5.32 Å². The first-order chi connectivity index (χ1) is 8.19. The second kappa shape index (κ2) is 7.37. The summed E-state index contributed by atoms with van der Waals surface area (Å²) < 4.78 is 0. The van der Waals surface area contributed by atoms with Crippen LogP contribution in [0.4, 0.5) is 5.69 Å². The molecule has 0 heterocycles. The smallest absolute Gasteiger partial charge is 0.101 e. The van der Waals surface area contributed by atoms with E-state index in [0.29, 0.717) is 16.6 Å². The number of hydrogen-bond donors (Lipinski definition) is 2. The Kier molecular flexibility index (Phi) is 6.48. The van der Waals surface area contributed by atoms with Gasteiger partial charge >= 0.3 is 0 Å². The third-order valence-corrected chi connectivity index (χ3v) is 3.42. The molecule has 91 valence electrons. The molecule has 0 aliphatic heterocycles. The molecule has 1 radical (unpaired) electrons. The molecule has 1 saturated carbocycles. The molecule has 1 aliphatic rings. The zero-order valence-electron chi connectivity index (χ0n) is 10.5. The number of nitrogens with zero attached hydrogens (tertiary/aromatic N) is 1. The van der Waals surface area contributed by atoms with E-state index in [1.54, 1.807) is 12.1 Å². The summed E-state index contributed by atoms with van der Waals surface area (Å²) in [5.74, 6) is 0. The van der Waals surface area contributed by atoms with Crippen molar-refractivity contribution in [3.63, 3.8) is 0 Å². The molecule has 1 aromatic rings. The molecule has 1 aliphatic carbocycles. The van der Waals surface area contributed by atoms with Gasteiger partial charge in [-0.15, -0.1) is 0 Å². The van der Waals surface area contributed by atoms with Crippen molar-refractivity contribution in [3.05, 3.63) is 28.8 Å². The van der Waals surface area contributed by atoms with Gasteiger partial charge in [-0.2, -0.15) is 5.26 Å². The number of nitriles is 1. The van der Waals surface area contributed by atoms with Crippen molar-refractivity contribution in [2.75, 3.05) is 5.32 Å². The van der Waals surface area contributed by atoms with Crippen molar-refractivity contribution in [1.29, 1.82) is 5.26 Å². The van der Waals surface area contributed by atoms with Crippen LogP contribution in [0.2, 0.25) is 5.02 Å². The molecule has 1 aromatic carbocycles. The summed E-state index contributed by atoms with van der Waals surface area (Å²) in [4.78, 5) is 0. The van der Waals surface area contributed by atoms with E-state index >= 15 is 0 Å². The number of aliphatic hydroxyl groups excluding tert-OH is 1. The second-order valence-electron chi connectivity index (χ2n) is 4.47. The predicted molar refractivity (Wildman–Crippen MR) is 73.8 cm³/mol. The Balaban J connectivity index is 0.00000162. The van der Waals surface area contributed by atoms with E-state index in [1.165, 1.54) is 0 Å². The van der Waals surface area contributed by atoms with Crippen molar-refractivity contribution in [2.45, 2.75) is 37.8 Å². The van der Waals surface area contributed by atoms with Crippen LogP contribution in [0, 0.1) is 11.3 Å². The Morgan fingerprint density at radius 2 is 2.17 bits per heavy atom. The molecule has 0 aromatic heterocycles. The summed E-state index contributed by atoms with van der Waals surface area (Å²) in [5, 5.41) is 22.2. The normalized spacial score (nSPS) is 22.7. The molecule has 0 saturated heterocycles. The molecular formula is C13H15ClN2NaO. The summed E-state index contributed by atoms with van der Waals surface area (Å²) in [6.07, 6.45) is 3.58. The van der Waals surface area contributed by atoms with Gasteiger partial charge in [-0.3, -0.25) is 0 Å². The summed E-state index contributed by atoms with van der Waals surface area (Å²) in [6, 6.07) is 7.66. The van der Waals surface area contributed by atoms with Gasteiger partial charge in [0.25, 0.3) is 0 Å². The van der Waals surface area contributed by atoms with Crippen LogP contribution in [0.5, 0.6) is 0 Å². The maximum Gasteiger partial charge on any atom is 0.101 e. The van der Waals surface area contributed by atoms with Gasteiger partial charge in [-0.25, -0.2) is 0 Å². The number of hydrogen-bond acceptors (Lipinski definition) is 3. The van der Waals surface area contributed by atoms with Crippen molar-refractivity contribution >= 4 is 46.8 Å². The van der Waals surface area contributed by atoms with E-state index in [9.17, 15) is 5.11 Å². The molecule has 2 unspecified atom stereocenters. The van der Waals surface area contributed by atoms with Gasteiger partial charge in [0.1, 0.15) is 6.07 Å². The largest absolute Gasteiger partial charge is 0.393 e. The minimum Gasteiger partial charge on any atom is -0.393 e. The molecular weight excluding hydrogens is 259 g/mol. The van der Waals surface area contributed by atoms with E-state index in [4.69, 9.17) is 16.9 Å². The maximum atomic E-state index is 9.59. The Morgan fingerprint density at radius 1 is 1.39 bits per heavy atom. The number of benzene rings is 1. The van der Waals surface area contributed by atoms with Gasteiger partial charge in [0.05, 0.1) is 16.7 Å². The topological polar surface area (TPSA) is 56.0 Å². The summed E-state index contributed by atoms with van der Waals surface area (Å²) in [7, 11) is 0. The van der Waals surface area contributed by atoms with Crippen molar-refractivity contribution < 1.29 is 5.11 Å². The molecule has 0 bridgehead atoms. The van der Waals surface area contributed by atoms with Crippen LogP contribution in [0.3, 0.4) is 0 Å². The molecule has 5 heteroatoms. The number of anilines is 1. The van der Waals surface area contributed by atoms with E-state index in [-0.39, 0.29) is 35.7 Å². The molecule has 18 heavy (non-hydrogen) atoms. The third kappa shape index (κ3) is 4.15. The Labute approximate surface area is 134 Å². The average molecular weight is 274 g/mol. The average Bonchev–Trinajstić information content (AvgIpc) is 2.29. The SMILES string of the molecule is N#Cc1ccc(NC2CCCC(O)C2)cc1Cl.[Na]. The molecule has 0 spiro atoms. The molecule has 2 rings (SSSR count). The van der Waals surface area contributed by atoms with Gasteiger partial charge in [0.2, 0.25) is 0 Å². The first-order valence-corrected chi connectivity index (χ1v) is 6.21. The van der Waals surface area contributed by atoms with Crippen LogP contribution < -0.4 is 5.32 Å². The minimum atomic E-state index is -0.199. The van der Waals surface area contributed by atoms with Gasteiger partial charge in [0.15, 0.2) is 0 Å². The predicted octanol–water partition coefficient (Wildman–Crippen LogP) is 2.55. The fraction of sp³-hybridized carbons (Fsp3) is 0.462. The first-order valence-electron chi connectivity index (χ1n) is 5.83. The van der Waals surface area contributed by atoms with Crippen molar-refractivity contribution in [2.24, 2.45) is 0 Å². The van der Waals surface area contributed by atoms with Crippen LogP contribution in [0.1, 0.15) is 31.2 Å². The number of halogens is 1. The summed E-state index contributed by atoms with van der Waals surface area (Å²) >= 11 is 5.96. The van der Waals surface area contributed by atoms with Crippen molar-refractivity contribution in [3.8, 4) is 6.07 Å². The second-order valence-corrected chi connectivity index (χ2v) is 4.88. The fourth-order valence-electron chi connectivity index (χ4n) is 2.23. The fourth-order valence-corrected chi connectivity index (χ4v) is 2.45. The van der Waals surface area contributed by atoms with Gasteiger partial charge in [-0.1, -0.05) is 11.6 Å². The van der Waals surface area contributed by atoms with Crippen LogP contribution in [-0.2, 0) is 0 Å². The number of aliphatic hydroxyl groups is 1. The summed E-state index contributed by atoms with van der Waals surface area (Å²) in [6.45, 7) is 0. The van der Waals surface area contributed by atoms with E-state index < -0.39 is 0 Å². The quantitative estimate of drug-likeness (QED) is 0.814. The first kappa shape index (κ1) is 15.8. The molecule has 0 amide bonds. The Bertz CT molecular complexity index is 447. The molecule has 2 N–H and O–H groups in total. The van der Waals surface area contributed by atoms with Gasteiger partial charge in [0, 0.05) is 41.3 Å². The molecule has 1 fully saturated rings. The zero-order chi connectivity index (χ0) is 12.3.